The first-order valence-corrected chi connectivity index (χ1v) is 4.47. The van der Waals surface area contributed by atoms with E-state index < -0.39 is 0 Å². The molecule has 0 fully saturated rings. The van der Waals surface area contributed by atoms with Gasteiger partial charge in [0.25, 0.3) is 5.88 Å². The Morgan fingerprint density at radius 3 is 2.24 bits per heavy atom. The summed E-state index contributed by atoms with van der Waals surface area (Å²) in [7, 11) is 1.62. The third kappa shape index (κ3) is 4.15. The maximum atomic E-state index is 8.12. The van der Waals surface area contributed by atoms with Crippen molar-refractivity contribution in [2.24, 2.45) is 0 Å². The van der Waals surface area contributed by atoms with E-state index in [1.54, 1.807) is 19.2 Å². The van der Waals surface area contributed by atoms with Crippen LogP contribution in [0.5, 0.6) is 17.4 Å². The monoisotopic (exact) mass is 235 g/mol. The highest BCUT2D eigenvalue weighted by atomic mass is 16.5. The van der Waals surface area contributed by atoms with E-state index in [1.165, 1.54) is 6.20 Å². The van der Waals surface area contributed by atoms with Gasteiger partial charge in [-0.2, -0.15) is 19.9 Å². The molecule has 1 N–H and O–H groups in total. The summed E-state index contributed by atoms with van der Waals surface area (Å²) in [5.74, 6) is 1.92. The van der Waals surface area contributed by atoms with E-state index in [9.17, 15) is 0 Å². The first-order valence-electron chi connectivity index (χ1n) is 4.47. The number of nitrogens with zero attached hydrogens (tertiary/aromatic N) is 2. The summed E-state index contributed by atoms with van der Waals surface area (Å²) in [6.07, 6.45) is 1.75. The lowest BCUT2D eigenvalue weighted by Gasteiger charge is -2.02. The van der Waals surface area contributed by atoms with Gasteiger partial charge in [0.05, 0.1) is 7.11 Å². The van der Waals surface area contributed by atoms with E-state index in [1.807, 2.05) is 12.1 Å². The molecule has 0 atom stereocenters. The van der Waals surface area contributed by atoms with Crippen LogP contribution < -0.4 is 9.47 Å². The molecule has 0 bridgehead atoms. The predicted octanol–water partition coefficient (Wildman–Crippen LogP) is 1.02. The largest absolute Gasteiger partial charge is 0.497 e. The molecular formula is C10H9N3O4. The summed E-state index contributed by atoms with van der Waals surface area (Å²) in [5, 5.41) is 9.85. The number of aromatic nitrogens is 3. The van der Waals surface area contributed by atoms with Gasteiger partial charge in [-0.1, -0.05) is 0 Å². The molecule has 2 rings (SSSR count). The van der Waals surface area contributed by atoms with Gasteiger partial charge >= 0.3 is 6.15 Å². The lowest BCUT2D eigenvalue weighted by molar-refractivity contribution is -0.191. The van der Waals surface area contributed by atoms with Crippen molar-refractivity contribution in [3.05, 3.63) is 30.5 Å². The fourth-order valence-corrected chi connectivity index (χ4v) is 1.00. The Labute approximate surface area is 96.4 Å². The highest BCUT2D eigenvalue weighted by Gasteiger charge is 1.99. The number of rotatable bonds is 3. The normalized spacial score (nSPS) is 8.53. The van der Waals surface area contributed by atoms with Gasteiger partial charge in [0.2, 0.25) is 0 Å². The fourth-order valence-electron chi connectivity index (χ4n) is 1.00. The molecule has 0 aliphatic carbocycles. The van der Waals surface area contributed by atoms with Gasteiger partial charge in [-0.05, 0) is 24.3 Å². The van der Waals surface area contributed by atoms with Crippen LogP contribution in [0.3, 0.4) is 0 Å². The summed E-state index contributed by atoms with van der Waals surface area (Å²) >= 11 is 0. The van der Waals surface area contributed by atoms with Crippen molar-refractivity contribution in [1.82, 2.24) is 15.4 Å². The average Bonchev–Trinajstić information content (AvgIpc) is 2.84. The summed E-state index contributed by atoms with van der Waals surface area (Å²) in [6, 6.07) is 7.23. The SMILES string of the molecule is COc1ccc(Oc2cn[nH]n2)cc1.O=C=O. The molecule has 0 aliphatic rings. The molecule has 0 spiro atoms. The van der Waals surface area contributed by atoms with Crippen molar-refractivity contribution in [2.75, 3.05) is 7.11 Å². The molecule has 88 valence electrons. The number of aromatic amines is 1. The standard InChI is InChI=1S/C9H9N3O2.CO2/c1-13-7-2-4-8(5-3-7)14-9-6-10-12-11-9;2-1-3/h2-6H,1H3,(H,10,11,12);. The fraction of sp³-hybridized carbons (Fsp3) is 0.100. The first-order chi connectivity index (χ1) is 8.30. The van der Waals surface area contributed by atoms with Crippen LogP contribution in [0.1, 0.15) is 0 Å². The van der Waals surface area contributed by atoms with Gasteiger partial charge in [-0.15, -0.1) is 5.10 Å². The predicted molar refractivity (Wildman–Crippen MR) is 54.5 cm³/mol. The smallest absolute Gasteiger partial charge is 0.373 e. The van der Waals surface area contributed by atoms with Crippen molar-refractivity contribution in [2.45, 2.75) is 0 Å². The molecule has 1 aromatic heterocycles. The minimum Gasteiger partial charge on any atom is -0.497 e. The number of hydrogen-bond acceptors (Lipinski definition) is 6. The van der Waals surface area contributed by atoms with Crippen molar-refractivity contribution in [1.29, 1.82) is 0 Å². The Kier molecular flexibility index (Phi) is 4.93. The van der Waals surface area contributed by atoms with Crippen LogP contribution in [0, 0.1) is 0 Å². The first kappa shape index (κ1) is 12.4. The Hall–Kier alpha value is -2.66. The number of benzene rings is 1. The third-order valence-electron chi connectivity index (χ3n) is 1.67. The van der Waals surface area contributed by atoms with Crippen molar-refractivity contribution in [3.63, 3.8) is 0 Å². The third-order valence-corrected chi connectivity index (χ3v) is 1.67. The van der Waals surface area contributed by atoms with Crippen LogP contribution >= 0.6 is 0 Å². The van der Waals surface area contributed by atoms with Crippen molar-refractivity contribution < 1.29 is 19.1 Å². The average molecular weight is 235 g/mol. The summed E-state index contributed by atoms with van der Waals surface area (Å²) in [6.45, 7) is 0. The Balaban J connectivity index is 0.000000437. The van der Waals surface area contributed by atoms with Gasteiger partial charge in [0.15, 0.2) is 0 Å². The van der Waals surface area contributed by atoms with Gasteiger partial charge in [0, 0.05) is 0 Å². The van der Waals surface area contributed by atoms with Gasteiger partial charge in [0.1, 0.15) is 17.7 Å². The van der Waals surface area contributed by atoms with E-state index in [-0.39, 0.29) is 6.15 Å². The molecule has 0 amide bonds. The van der Waals surface area contributed by atoms with Crippen molar-refractivity contribution >= 4 is 6.15 Å². The van der Waals surface area contributed by atoms with E-state index in [4.69, 9.17) is 19.1 Å². The van der Waals surface area contributed by atoms with E-state index in [0.717, 1.165) is 5.75 Å². The second-order valence-electron chi connectivity index (χ2n) is 2.67. The zero-order chi connectivity index (χ0) is 12.5. The van der Waals surface area contributed by atoms with Crippen LogP contribution in [0.4, 0.5) is 0 Å². The molecule has 0 saturated carbocycles. The zero-order valence-electron chi connectivity index (χ0n) is 8.91. The molecule has 0 radical (unpaired) electrons. The highest BCUT2D eigenvalue weighted by Crippen LogP contribution is 2.21. The maximum Gasteiger partial charge on any atom is 0.373 e. The van der Waals surface area contributed by atoms with Crippen LogP contribution in [0.15, 0.2) is 30.5 Å². The number of hydrogen-bond donors (Lipinski definition) is 1. The summed E-state index contributed by atoms with van der Waals surface area (Å²) < 4.78 is 10.4. The lowest BCUT2D eigenvalue weighted by atomic mass is 10.3. The molecular weight excluding hydrogens is 226 g/mol. The zero-order valence-corrected chi connectivity index (χ0v) is 8.91. The number of ether oxygens (including phenoxy) is 2. The Morgan fingerprint density at radius 2 is 1.76 bits per heavy atom. The maximum absolute atomic E-state index is 8.12. The summed E-state index contributed by atoms with van der Waals surface area (Å²) in [5.41, 5.74) is 0. The molecule has 17 heavy (non-hydrogen) atoms. The lowest BCUT2D eigenvalue weighted by Crippen LogP contribution is -1.85. The quantitative estimate of drug-likeness (QED) is 0.853. The van der Waals surface area contributed by atoms with Gasteiger partial charge in [-0.25, -0.2) is 0 Å². The van der Waals surface area contributed by atoms with E-state index >= 15 is 0 Å². The van der Waals surface area contributed by atoms with E-state index in [2.05, 4.69) is 15.4 Å². The minimum atomic E-state index is 0.250. The van der Waals surface area contributed by atoms with Crippen molar-refractivity contribution in [3.8, 4) is 17.4 Å². The molecule has 0 unspecified atom stereocenters. The number of methoxy groups -OCH3 is 1. The van der Waals surface area contributed by atoms with Crippen LogP contribution in [0.2, 0.25) is 0 Å². The van der Waals surface area contributed by atoms with Crippen LogP contribution in [-0.4, -0.2) is 28.7 Å². The minimum absolute atomic E-state index is 0.250. The topological polar surface area (TPSA) is 94.2 Å². The van der Waals surface area contributed by atoms with Gasteiger partial charge < -0.3 is 9.47 Å². The second-order valence-corrected chi connectivity index (χ2v) is 2.67. The molecule has 2 aromatic rings. The second kappa shape index (κ2) is 6.76. The number of H-pyrrole nitrogens is 1. The van der Waals surface area contributed by atoms with Crippen LogP contribution in [0.25, 0.3) is 0 Å². The number of nitrogens with one attached hydrogen (secondary N) is 1. The summed E-state index contributed by atoms with van der Waals surface area (Å²) in [4.78, 5) is 16.2. The molecule has 1 heterocycles. The van der Waals surface area contributed by atoms with Gasteiger partial charge in [-0.3, -0.25) is 0 Å². The molecule has 0 aliphatic heterocycles. The molecule has 7 heteroatoms. The Bertz CT molecular complexity index is 461. The molecule has 7 nitrogen and oxygen atoms in total. The molecule has 1 aromatic carbocycles. The Morgan fingerprint density at radius 1 is 1.18 bits per heavy atom. The molecule has 0 saturated heterocycles. The number of carbonyl (C=O) groups excluding carboxylic acids is 2. The van der Waals surface area contributed by atoms with E-state index in [0.29, 0.717) is 11.6 Å². The van der Waals surface area contributed by atoms with Crippen LogP contribution in [-0.2, 0) is 9.59 Å². The highest BCUT2D eigenvalue weighted by molar-refractivity contribution is 5.32.